The van der Waals surface area contributed by atoms with Gasteiger partial charge in [0.15, 0.2) is 5.03 Å². The Balaban J connectivity index is 2.80. The maximum Gasteiger partial charge on any atom is 0.257 e. The van der Waals surface area contributed by atoms with E-state index in [1.165, 1.54) is 6.20 Å². The quantitative estimate of drug-likeness (QED) is 0.666. The number of imidazole rings is 1. The van der Waals surface area contributed by atoms with Crippen LogP contribution < -0.4 is 4.72 Å². The van der Waals surface area contributed by atoms with E-state index in [0.717, 1.165) is 0 Å². The van der Waals surface area contributed by atoms with Crippen molar-refractivity contribution in [3.05, 3.63) is 12.0 Å². The lowest BCUT2D eigenvalue weighted by Crippen LogP contribution is -2.39. The van der Waals surface area contributed by atoms with E-state index in [9.17, 15) is 13.5 Å². The van der Waals surface area contributed by atoms with Gasteiger partial charge < -0.3 is 10.1 Å². The predicted octanol–water partition coefficient (Wildman–Crippen LogP) is 1.05. The van der Waals surface area contributed by atoms with Gasteiger partial charge in [-0.15, -0.1) is 0 Å². The molecule has 0 fully saturated rings. The van der Waals surface area contributed by atoms with E-state index in [0.29, 0.717) is 25.1 Å². The van der Waals surface area contributed by atoms with Gasteiger partial charge in [-0.05, 0) is 12.8 Å². The van der Waals surface area contributed by atoms with Crippen LogP contribution in [0.15, 0.2) is 11.2 Å². The van der Waals surface area contributed by atoms with E-state index in [1.54, 1.807) is 0 Å². The number of H-pyrrole nitrogens is 1. The topological polar surface area (TPSA) is 95.1 Å². The van der Waals surface area contributed by atoms with E-state index in [-0.39, 0.29) is 18.2 Å². The molecular weight excluding hydrogens is 266 g/mol. The largest absolute Gasteiger partial charge is 0.396 e. The van der Waals surface area contributed by atoms with Gasteiger partial charge in [0, 0.05) is 25.0 Å². The number of aromatic amines is 1. The minimum absolute atomic E-state index is 0.0360. The number of aromatic nitrogens is 2. The van der Waals surface area contributed by atoms with Crippen LogP contribution in [0.2, 0.25) is 0 Å². The number of rotatable bonds is 8. The summed E-state index contributed by atoms with van der Waals surface area (Å²) in [5, 5.41) is 9.50. The Bertz CT molecular complexity index is 484. The molecule has 6 nitrogen and oxygen atoms in total. The maximum absolute atomic E-state index is 12.1. The summed E-state index contributed by atoms with van der Waals surface area (Å²) in [6.07, 6.45) is 3.40. The van der Waals surface area contributed by atoms with Crippen LogP contribution in [0, 0.1) is 5.41 Å². The van der Waals surface area contributed by atoms with Gasteiger partial charge in [0.25, 0.3) is 10.0 Å². The number of nitrogens with zero attached hydrogens (tertiary/aromatic N) is 1. The third-order valence-electron chi connectivity index (χ3n) is 3.70. The molecule has 19 heavy (non-hydrogen) atoms. The van der Waals surface area contributed by atoms with Crippen molar-refractivity contribution in [2.45, 2.75) is 45.1 Å². The number of aliphatic hydroxyl groups is 1. The summed E-state index contributed by atoms with van der Waals surface area (Å²) in [4.78, 5) is 6.75. The van der Waals surface area contributed by atoms with Crippen LogP contribution in [0.5, 0.6) is 0 Å². The van der Waals surface area contributed by atoms with Crippen LogP contribution in [-0.2, 0) is 16.4 Å². The van der Waals surface area contributed by atoms with E-state index in [4.69, 9.17) is 0 Å². The van der Waals surface area contributed by atoms with Crippen LogP contribution in [0.1, 0.15) is 39.4 Å². The molecule has 0 bridgehead atoms. The van der Waals surface area contributed by atoms with Crippen molar-refractivity contribution >= 4 is 10.0 Å². The zero-order valence-electron chi connectivity index (χ0n) is 11.7. The predicted molar refractivity (Wildman–Crippen MR) is 73.3 cm³/mol. The zero-order valence-corrected chi connectivity index (χ0v) is 12.5. The molecule has 0 radical (unpaired) electrons. The first-order valence-corrected chi connectivity index (χ1v) is 8.05. The van der Waals surface area contributed by atoms with E-state index in [2.05, 4.69) is 14.7 Å². The van der Waals surface area contributed by atoms with Crippen LogP contribution >= 0.6 is 0 Å². The lowest BCUT2D eigenvalue weighted by atomic mass is 9.84. The molecule has 0 aliphatic rings. The molecule has 0 aliphatic heterocycles. The summed E-state index contributed by atoms with van der Waals surface area (Å²) in [5.41, 5.74) is -0.402. The highest BCUT2D eigenvalue weighted by Gasteiger charge is 2.28. The smallest absolute Gasteiger partial charge is 0.257 e. The molecule has 0 saturated carbocycles. The number of hydrogen-bond donors (Lipinski definition) is 3. The number of aliphatic hydroxyl groups excluding tert-OH is 1. The van der Waals surface area contributed by atoms with Crippen molar-refractivity contribution in [3.8, 4) is 0 Å². The second-order valence-electron chi connectivity index (χ2n) is 4.74. The second kappa shape index (κ2) is 6.49. The van der Waals surface area contributed by atoms with Crippen molar-refractivity contribution in [3.63, 3.8) is 0 Å². The fourth-order valence-corrected chi connectivity index (χ4v) is 2.86. The Hall–Kier alpha value is -0.920. The molecule has 1 heterocycles. The van der Waals surface area contributed by atoms with Crippen LogP contribution in [0.3, 0.4) is 0 Å². The average Bonchev–Trinajstić information content (AvgIpc) is 2.90. The van der Waals surface area contributed by atoms with Gasteiger partial charge in [0.1, 0.15) is 5.82 Å². The zero-order chi connectivity index (χ0) is 14.5. The minimum atomic E-state index is -3.59. The Morgan fingerprint density at radius 1 is 1.37 bits per heavy atom. The normalized spacial score (nSPS) is 12.8. The number of nitrogens with one attached hydrogen (secondary N) is 2. The highest BCUT2D eigenvalue weighted by molar-refractivity contribution is 7.89. The summed E-state index contributed by atoms with van der Waals surface area (Å²) in [6, 6.07) is 0. The monoisotopic (exact) mass is 289 g/mol. The van der Waals surface area contributed by atoms with Gasteiger partial charge in [0.05, 0.1) is 6.20 Å². The summed E-state index contributed by atoms with van der Waals surface area (Å²) in [7, 11) is -3.59. The fraction of sp³-hybridized carbons (Fsp3) is 0.750. The van der Waals surface area contributed by atoms with Gasteiger partial charge in [-0.1, -0.05) is 20.8 Å². The highest BCUT2D eigenvalue weighted by Crippen LogP contribution is 2.25. The standard InChI is InChI=1S/C12H23N3O3S/c1-4-10-13-7-11(15-10)19(17,18)14-8-12(5-2,6-3)9-16/h7,14,16H,4-6,8-9H2,1-3H3,(H,13,15). The lowest BCUT2D eigenvalue weighted by Gasteiger charge is -2.29. The Morgan fingerprint density at radius 3 is 2.42 bits per heavy atom. The first-order valence-electron chi connectivity index (χ1n) is 6.57. The molecule has 110 valence electrons. The molecule has 0 amide bonds. The van der Waals surface area contributed by atoms with Gasteiger partial charge in [0.2, 0.25) is 0 Å². The van der Waals surface area contributed by atoms with E-state index in [1.807, 2.05) is 20.8 Å². The molecule has 3 N–H and O–H groups in total. The van der Waals surface area contributed by atoms with Crippen molar-refractivity contribution in [1.29, 1.82) is 0 Å². The molecule has 0 atom stereocenters. The van der Waals surface area contributed by atoms with Crippen LogP contribution in [-0.4, -0.2) is 36.6 Å². The third kappa shape index (κ3) is 3.77. The molecule has 0 unspecified atom stereocenters. The highest BCUT2D eigenvalue weighted by atomic mass is 32.2. The molecule has 0 saturated heterocycles. The van der Waals surface area contributed by atoms with Crippen LogP contribution in [0.4, 0.5) is 0 Å². The minimum Gasteiger partial charge on any atom is -0.396 e. The summed E-state index contributed by atoms with van der Waals surface area (Å²) >= 11 is 0. The molecule has 0 spiro atoms. The van der Waals surface area contributed by atoms with Crippen molar-refractivity contribution in [2.75, 3.05) is 13.2 Å². The molecule has 0 aliphatic carbocycles. The molecule has 1 rings (SSSR count). The summed E-state index contributed by atoms with van der Waals surface area (Å²) in [5.74, 6) is 0.639. The fourth-order valence-electron chi connectivity index (χ4n) is 1.76. The van der Waals surface area contributed by atoms with Gasteiger partial charge in [-0.3, -0.25) is 0 Å². The Kier molecular flexibility index (Phi) is 5.51. The van der Waals surface area contributed by atoms with Gasteiger partial charge in [-0.25, -0.2) is 18.1 Å². The molecule has 1 aromatic rings. The molecular formula is C12H23N3O3S. The first kappa shape index (κ1) is 16.1. The maximum atomic E-state index is 12.1. The van der Waals surface area contributed by atoms with Crippen molar-refractivity contribution in [1.82, 2.24) is 14.7 Å². The molecule has 1 aromatic heterocycles. The van der Waals surface area contributed by atoms with E-state index < -0.39 is 15.4 Å². The SMILES string of the molecule is CCc1ncc(S(=O)(=O)NCC(CC)(CC)CO)[nH]1. The Labute approximate surface area is 114 Å². The number of aryl methyl sites for hydroxylation is 1. The summed E-state index contributed by atoms with van der Waals surface area (Å²) < 4.78 is 26.7. The Morgan fingerprint density at radius 2 is 2.00 bits per heavy atom. The van der Waals surface area contributed by atoms with E-state index >= 15 is 0 Å². The molecule has 0 aromatic carbocycles. The van der Waals surface area contributed by atoms with Gasteiger partial charge >= 0.3 is 0 Å². The third-order valence-corrected chi connectivity index (χ3v) is 5.01. The number of sulfonamides is 1. The summed E-state index contributed by atoms with van der Waals surface area (Å²) in [6.45, 7) is 5.97. The van der Waals surface area contributed by atoms with Crippen molar-refractivity contribution in [2.24, 2.45) is 5.41 Å². The van der Waals surface area contributed by atoms with Crippen molar-refractivity contribution < 1.29 is 13.5 Å². The van der Waals surface area contributed by atoms with Gasteiger partial charge in [-0.2, -0.15) is 0 Å². The average molecular weight is 289 g/mol. The lowest BCUT2D eigenvalue weighted by molar-refractivity contribution is 0.119. The first-order chi connectivity index (χ1) is 8.93. The molecule has 7 heteroatoms. The number of hydrogen-bond acceptors (Lipinski definition) is 4. The second-order valence-corrected chi connectivity index (χ2v) is 6.47. The van der Waals surface area contributed by atoms with Crippen LogP contribution in [0.25, 0.3) is 0 Å².